The average molecular weight is 296 g/mol. The highest BCUT2D eigenvalue weighted by atomic mass is 16.5. The summed E-state index contributed by atoms with van der Waals surface area (Å²) in [6, 6.07) is 17.6. The van der Waals surface area contributed by atoms with E-state index < -0.39 is 11.9 Å². The zero-order chi connectivity index (χ0) is 15.8. The molecule has 0 bridgehead atoms. The minimum Gasteiger partial charge on any atom is -0.489 e. The quantitative estimate of drug-likeness (QED) is 0.746. The van der Waals surface area contributed by atoms with Gasteiger partial charge >= 0.3 is 5.97 Å². The predicted octanol–water partition coefficient (Wildman–Crippen LogP) is 4.09. The average Bonchev–Trinajstić information content (AvgIpc) is 2.54. The van der Waals surface area contributed by atoms with Crippen molar-refractivity contribution in [1.82, 2.24) is 0 Å². The second-order valence-corrected chi connectivity index (χ2v) is 5.18. The van der Waals surface area contributed by atoms with E-state index >= 15 is 0 Å². The number of aliphatic carboxylic acids is 1. The van der Waals surface area contributed by atoms with Crippen molar-refractivity contribution in [1.29, 1.82) is 0 Å². The van der Waals surface area contributed by atoms with E-state index in [0.717, 1.165) is 16.9 Å². The van der Waals surface area contributed by atoms with Gasteiger partial charge in [0.2, 0.25) is 0 Å². The van der Waals surface area contributed by atoms with E-state index in [1.165, 1.54) is 0 Å². The second-order valence-electron chi connectivity index (χ2n) is 5.18. The first-order valence-corrected chi connectivity index (χ1v) is 7.28. The van der Waals surface area contributed by atoms with Crippen molar-refractivity contribution in [2.75, 3.05) is 0 Å². The summed E-state index contributed by atoms with van der Waals surface area (Å²) >= 11 is 0. The molecule has 0 aliphatic carbocycles. The summed E-state index contributed by atoms with van der Waals surface area (Å²) in [6.45, 7) is 4.13. The van der Waals surface area contributed by atoms with Crippen LogP contribution in [0.5, 0.6) is 5.75 Å². The number of carboxylic acids is 1. The van der Waals surface area contributed by atoms with Crippen molar-refractivity contribution in [3.8, 4) is 5.75 Å². The van der Waals surface area contributed by atoms with Gasteiger partial charge in [-0.05, 0) is 36.1 Å². The molecule has 1 N–H and O–H groups in total. The molecule has 0 radical (unpaired) electrons. The Balaban J connectivity index is 1.92. The molecule has 22 heavy (non-hydrogen) atoms. The number of benzene rings is 2. The highest BCUT2D eigenvalue weighted by Gasteiger charge is 2.16. The maximum Gasteiger partial charge on any atom is 0.307 e. The second kappa shape index (κ2) is 8.03. The highest BCUT2D eigenvalue weighted by Crippen LogP contribution is 2.18. The van der Waals surface area contributed by atoms with Gasteiger partial charge in [-0.2, -0.15) is 0 Å². The van der Waals surface area contributed by atoms with Gasteiger partial charge in [-0.3, -0.25) is 4.79 Å². The topological polar surface area (TPSA) is 46.5 Å². The van der Waals surface area contributed by atoms with Gasteiger partial charge in [-0.1, -0.05) is 48.5 Å². The fourth-order valence-corrected chi connectivity index (χ4v) is 2.22. The Labute approximate surface area is 130 Å². The maximum absolute atomic E-state index is 11.1. The van der Waals surface area contributed by atoms with Crippen LogP contribution in [0, 0.1) is 5.92 Å². The minimum atomic E-state index is -0.788. The van der Waals surface area contributed by atoms with Crippen molar-refractivity contribution in [3.63, 3.8) is 0 Å². The maximum atomic E-state index is 11.1. The molecule has 0 amide bonds. The van der Waals surface area contributed by atoms with Gasteiger partial charge in [0.05, 0.1) is 5.92 Å². The number of hydrogen-bond donors (Lipinski definition) is 1. The standard InChI is InChI=1S/C19H20O3/c1-2-6-17(19(20)21)13-15-9-11-18(12-10-15)22-14-16-7-4-3-5-8-16/h2-5,7-12,17H,1,6,13-14H2,(H,20,21)/t17-/m0/s1. The van der Waals surface area contributed by atoms with Gasteiger partial charge in [0, 0.05) is 0 Å². The molecule has 3 nitrogen and oxygen atoms in total. The zero-order valence-electron chi connectivity index (χ0n) is 12.4. The van der Waals surface area contributed by atoms with Gasteiger partial charge in [0.1, 0.15) is 12.4 Å². The molecule has 1 atom stereocenters. The molecule has 0 saturated carbocycles. The lowest BCUT2D eigenvalue weighted by Gasteiger charge is -2.11. The third kappa shape index (κ3) is 4.77. The number of carbonyl (C=O) groups is 1. The molecule has 2 aromatic carbocycles. The Morgan fingerprint density at radius 1 is 1.09 bits per heavy atom. The molecule has 0 aromatic heterocycles. The molecule has 2 rings (SSSR count). The largest absolute Gasteiger partial charge is 0.489 e. The molecule has 3 heteroatoms. The van der Waals surface area contributed by atoms with Crippen molar-refractivity contribution in [3.05, 3.63) is 78.4 Å². The van der Waals surface area contributed by atoms with Crippen LogP contribution in [0.25, 0.3) is 0 Å². The lowest BCUT2D eigenvalue weighted by molar-refractivity contribution is -0.141. The van der Waals surface area contributed by atoms with E-state index in [9.17, 15) is 4.79 Å². The van der Waals surface area contributed by atoms with E-state index in [1.807, 2.05) is 54.6 Å². The van der Waals surface area contributed by atoms with Crippen LogP contribution in [0.4, 0.5) is 0 Å². The summed E-state index contributed by atoms with van der Waals surface area (Å²) in [5.74, 6) is -0.430. The first-order valence-electron chi connectivity index (χ1n) is 7.28. The molecular weight excluding hydrogens is 276 g/mol. The van der Waals surface area contributed by atoms with Crippen molar-refractivity contribution in [2.24, 2.45) is 5.92 Å². The number of carboxylic acid groups (broad SMARTS) is 1. The summed E-state index contributed by atoms with van der Waals surface area (Å²) in [6.07, 6.45) is 2.62. The van der Waals surface area contributed by atoms with Gasteiger partial charge < -0.3 is 9.84 Å². The van der Waals surface area contributed by atoms with Gasteiger partial charge in [0.25, 0.3) is 0 Å². The summed E-state index contributed by atoms with van der Waals surface area (Å²) in [5.41, 5.74) is 2.10. The molecule has 0 spiro atoms. The van der Waals surface area contributed by atoms with E-state index in [1.54, 1.807) is 6.08 Å². The fraction of sp³-hybridized carbons (Fsp3) is 0.211. The lowest BCUT2D eigenvalue weighted by Crippen LogP contribution is -2.15. The number of rotatable bonds is 8. The molecule has 0 aliphatic heterocycles. The number of ether oxygens (including phenoxy) is 1. The number of hydrogen-bond acceptors (Lipinski definition) is 2. The normalized spacial score (nSPS) is 11.6. The Hall–Kier alpha value is -2.55. The van der Waals surface area contributed by atoms with E-state index in [4.69, 9.17) is 9.84 Å². The van der Waals surface area contributed by atoms with Crippen LogP contribution >= 0.6 is 0 Å². The molecule has 2 aromatic rings. The van der Waals surface area contributed by atoms with Crippen LogP contribution in [0.15, 0.2) is 67.3 Å². The third-order valence-corrected chi connectivity index (χ3v) is 3.45. The number of allylic oxidation sites excluding steroid dienone is 1. The molecule has 0 saturated heterocycles. The molecule has 0 aliphatic rings. The summed E-state index contributed by atoms with van der Waals surface area (Å²) in [5, 5.41) is 9.16. The Morgan fingerprint density at radius 3 is 2.36 bits per heavy atom. The molecule has 0 unspecified atom stereocenters. The molecular formula is C19H20O3. The van der Waals surface area contributed by atoms with Crippen LogP contribution in [-0.4, -0.2) is 11.1 Å². The smallest absolute Gasteiger partial charge is 0.307 e. The summed E-state index contributed by atoms with van der Waals surface area (Å²) < 4.78 is 5.71. The van der Waals surface area contributed by atoms with E-state index in [2.05, 4.69) is 6.58 Å². The van der Waals surface area contributed by atoms with Gasteiger partial charge in [-0.25, -0.2) is 0 Å². The van der Waals surface area contributed by atoms with E-state index in [-0.39, 0.29) is 0 Å². The Bertz CT molecular complexity index is 602. The van der Waals surface area contributed by atoms with Crippen LogP contribution in [-0.2, 0) is 17.8 Å². The minimum absolute atomic E-state index is 0.423. The van der Waals surface area contributed by atoms with Crippen molar-refractivity contribution < 1.29 is 14.6 Å². The Kier molecular flexibility index (Phi) is 5.78. The first kappa shape index (κ1) is 15.8. The van der Waals surface area contributed by atoms with Crippen LogP contribution in [0.2, 0.25) is 0 Å². The van der Waals surface area contributed by atoms with Crippen molar-refractivity contribution in [2.45, 2.75) is 19.4 Å². The van der Waals surface area contributed by atoms with Gasteiger partial charge in [-0.15, -0.1) is 6.58 Å². The molecule has 0 fully saturated rings. The predicted molar refractivity (Wildman–Crippen MR) is 86.9 cm³/mol. The fourth-order valence-electron chi connectivity index (χ4n) is 2.22. The summed E-state index contributed by atoms with van der Waals surface area (Å²) in [7, 11) is 0. The third-order valence-electron chi connectivity index (χ3n) is 3.45. The monoisotopic (exact) mass is 296 g/mol. The first-order chi connectivity index (χ1) is 10.7. The zero-order valence-corrected chi connectivity index (χ0v) is 12.4. The molecule has 114 valence electrons. The lowest BCUT2D eigenvalue weighted by atomic mass is 9.96. The molecule has 0 heterocycles. The highest BCUT2D eigenvalue weighted by molar-refractivity contribution is 5.70. The van der Waals surface area contributed by atoms with E-state index in [0.29, 0.717) is 19.4 Å². The van der Waals surface area contributed by atoms with Crippen LogP contribution in [0.3, 0.4) is 0 Å². The van der Waals surface area contributed by atoms with Crippen molar-refractivity contribution >= 4 is 5.97 Å². The van der Waals surface area contributed by atoms with Crippen LogP contribution < -0.4 is 4.74 Å². The Morgan fingerprint density at radius 2 is 1.77 bits per heavy atom. The SMILES string of the molecule is C=CC[C@@H](Cc1ccc(OCc2ccccc2)cc1)C(=O)O. The van der Waals surface area contributed by atoms with Gasteiger partial charge in [0.15, 0.2) is 0 Å². The summed E-state index contributed by atoms with van der Waals surface area (Å²) in [4.78, 5) is 11.1. The van der Waals surface area contributed by atoms with Crippen LogP contribution in [0.1, 0.15) is 17.5 Å².